The number of nitrogens with one attached hydrogen (secondary N) is 1. The van der Waals surface area contributed by atoms with Gasteiger partial charge in [0.2, 0.25) is 0 Å². The molecule has 0 saturated heterocycles. The minimum absolute atomic E-state index is 0.0723. The van der Waals surface area contributed by atoms with Crippen LogP contribution in [0.2, 0.25) is 0 Å². The topological polar surface area (TPSA) is 124 Å². The summed E-state index contributed by atoms with van der Waals surface area (Å²) in [4.78, 5) is 12.5. The monoisotopic (exact) mass is 279 g/mol. The minimum atomic E-state index is -0.720. The maximum absolute atomic E-state index is 11.2. The Hall–Kier alpha value is -2.12. The van der Waals surface area contributed by atoms with Crippen LogP contribution >= 0.6 is 0 Å². The quantitative estimate of drug-likeness (QED) is 0.566. The van der Waals surface area contributed by atoms with Crippen molar-refractivity contribution < 1.29 is 4.90 Å². The Balaban J connectivity index is 2.36. The Kier molecular flexibility index (Phi) is 3.65. The van der Waals surface area contributed by atoms with E-state index >= 15 is 0 Å². The highest BCUT2D eigenvalue weighted by Gasteiger charge is 2.42. The van der Waals surface area contributed by atoms with Crippen LogP contribution in [0.3, 0.4) is 0 Å². The minimum Gasteiger partial charge on any atom is -0.712 e. The van der Waals surface area contributed by atoms with Gasteiger partial charge in [0.05, 0.1) is 0 Å². The molecule has 2 atom stereocenters. The molecule has 0 saturated carbocycles. The van der Waals surface area contributed by atoms with Gasteiger partial charge in [0.25, 0.3) is 5.84 Å². The van der Waals surface area contributed by atoms with Crippen molar-refractivity contribution in [1.29, 1.82) is 0 Å². The SMILES string of the molecule is CC(C)C1=NC(C2N=C(C(C)C)NC2=[N+]([O-])[O-])C(N)=N1. The normalized spacial score (nSPS) is 25.7. The van der Waals surface area contributed by atoms with E-state index in [0.717, 1.165) is 0 Å². The Morgan fingerprint density at radius 1 is 1.10 bits per heavy atom. The number of nitrogens with two attached hydrogens (primary N) is 1. The first kappa shape index (κ1) is 14.3. The van der Waals surface area contributed by atoms with E-state index in [0.29, 0.717) is 11.7 Å². The largest absolute Gasteiger partial charge is 0.712 e. The van der Waals surface area contributed by atoms with Gasteiger partial charge in [-0.15, -0.1) is 0 Å². The predicted octanol–water partition coefficient (Wildman–Crippen LogP) is 0.213. The van der Waals surface area contributed by atoms with Crippen LogP contribution in [0, 0.1) is 22.3 Å². The van der Waals surface area contributed by atoms with Crippen molar-refractivity contribution in [2.24, 2.45) is 32.5 Å². The van der Waals surface area contributed by atoms with E-state index in [-0.39, 0.29) is 23.5 Å². The van der Waals surface area contributed by atoms with Crippen molar-refractivity contribution in [3.8, 4) is 0 Å². The first-order valence-electron chi connectivity index (χ1n) is 6.59. The molecular formula is C12H19N6O2-. The highest BCUT2D eigenvalue weighted by molar-refractivity contribution is 6.13. The van der Waals surface area contributed by atoms with E-state index in [1.807, 2.05) is 27.7 Å². The Morgan fingerprint density at radius 3 is 2.20 bits per heavy atom. The van der Waals surface area contributed by atoms with Crippen molar-refractivity contribution in [2.75, 3.05) is 0 Å². The summed E-state index contributed by atoms with van der Waals surface area (Å²) in [5.41, 5.74) is 5.87. The first-order valence-corrected chi connectivity index (χ1v) is 6.59. The van der Waals surface area contributed by atoms with Gasteiger partial charge in [-0.3, -0.25) is 9.89 Å². The summed E-state index contributed by atoms with van der Waals surface area (Å²) in [7, 11) is 0. The lowest BCUT2D eigenvalue weighted by Gasteiger charge is -2.19. The van der Waals surface area contributed by atoms with Crippen LogP contribution in [0.25, 0.3) is 0 Å². The smallest absolute Gasteiger partial charge is 0.284 e. The lowest BCUT2D eigenvalue weighted by molar-refractivity contribution is -0.382. The zero-order valence-corrected chi connectivity index (χ0v) is 12.0. The average molecular weight is 279 g/mol. The van der Waals surface area contributed by atoms with Crippen LogP contribution < -0.4 is 11.1 Å². The molecular weight excluding hydrogens is 260 g/mol. The molecule has 0 radical (unpaired) electrons. The fourth-order valence-electron chi connectivity index (χ4n) is 2.06. The van der Waals surface area contributed by atoms with E-state index in [9.17, 15) is 10.4 Å². The fraction of sp³-hybridized carbons (Fsp3) is 0.667. The highest BCUT2D eigenvalue weighted by Crippen LogP contribution is 2.19. The van der Waals surface area contributed by atoms with Gasteiger partial charge in [-0.25, -0.2) is 15.3 Å². The zero-order valence-electron chi connectivity index (χ0n) is 12.0. The van der Waals surface area contributed by atoms with E-state index in [4.69, 9.17) is 5.73 Å². The van der Waals surface area contributed by atoms with Crippen LogP contribution in [0.4, 0.5) is 0 Å². The summed E-state index contributed by atoms with van der Waals surface area (Å²) >= 11 is 0. The van der Waals surface area contributed by atoms with Gasteiger partial charge < -0.3 is 16.1 Å². The molecule has 20 heavy (non-hydrogen) atoms. The third-order valence-corrected chi connectivity index (χ3v) is 3.19. The lowest BCUT2D eigenvalue weighted by Crippen LogP contribution is -2.44. The standard InChI is InChI=1S/C12H19N6O2/c1-5(2)10-14-7(9(13)16-10)8-12(18(19)20)17-11(15-8)6(3)4/h5-8H,1-4H3,(H3-,13,14,15,16,17,19,20)/q-1. The van der Waals surface area contributed by atoms with Crippen molar-refractivity contribution in [3.63, 3.8) is 0 Å². The number of hydrogen-bond acceptors (Lipinski definition) is 6. The van der Waals surface area contributed by atoms with Crippen molar-refractivity contribution in [3.05, 3.63) is 10.4 Å². The number of aliphatic imine (C=N–C) groups is 3. The summed E-state index contributed by atoms with van der Waals surface area (Å²) in [5.74, 6) is 1.61. The van der Waals surface area contributed by atoms with Crippen LogP contribution in [-0.2, 0) is 0 Å². The van der Waals surface area contributed by atoms with Gasteiger partial charge in [0, 0.05) is 11.8 Å². The molecule has 2 unspecified atom stereocenters. The maximum atomic E-state index is 11.2. The number of amidine groups is 4. The van der Waals surface area contributed by atoms with Crippen molar-refractivity contribution >= 4 is 23.3 Å². The highest BCUT2D eigenvalue weighted by atomic mass is 16.8. The molecule has 0 amide bonds. The second kappa shape index (κ2) is 5.10. The van der Waals surface area contributed by atoms with Gasteiger partial charge in [0.1, 0.15) is 17.7 Å². The molecule has 0 aromatic carbocycles. The third kappa shape index (κ3) is 2.45. The molecule has 0 aromatic heterocycles. The molecule has 0 fully saturated rings. The zero-order chi connectivity index (χ0) is 15.0. The Bertz CT molecular complexity index is 528. The summed E-state index contributed by atoms with van der Waals surface area (Å²) in [6, 6.07) is -1.31. The second-order valence-corrected chi connectivity index (χ2v) is 5.50. The van der Waals surface area contributed by atoms with Gasteiger partial charge >= 0.3 is 0 Å². The van der Waals surface area contributed by atoms with Crippen molar-refractivity contribution in [1.82, 2.24) is 5.32 Å². The molecule has 0 spiro atoms. The molecule has 2 rings (SSSR count). The van der Waals surface area contributed by atoms with E-state index in [1.165, 1.54) is 0 Å². The average Bonchev–Trinajstić information content (AvgIpc) is 2.91. The summed E-state index contributed by atoms with van der Waals surface area (Å²) in [6.45, 7) is 7.74. The van der Waals surface area contributed by atoms with Crippen molar-refractivity contribution in [2.45, 2.75) is 39.8 Å². The van der Waals surface area contributed by atoms with Gasteiger partial charge in [-0.1, -0.05) is 27.7 Å². The summed E-state index contributed by atoms with van der Waals surface area (Å²) in [6.07, 6.45) is 0. The molecule has 110 valence electrons. The third-order valence-electron chi connectivity index (χ3n) is 3.19. The number of hydrogen-bond donors (Lipinski definition) is 2. The summed E-state index contributed by atoms with van der Waals surface area (Å²) in [5, 5.41) is 25.1. The van der Waals surface area contributed by atoms with Crippen LogP contribution in [0.15, 0.2) is 15.0 Å². The maximum Gasteiger partial charge on any atom is 0.284 e. The predicted molar refractivity (Wildman–Crippen MR) is 78.9 cm³/mol. The van der Waals surface area contributed by atoms with Gasteiger partial charge in [0.15, 0.2) is 11.9 Å². The molecule has 0 bridgehead atoms. The molecule has 0 aliphatic carbocycles. The molecule has 8 heteroatoms. The molecule has 2 aliphatic heterocycles. The van der Waals surface area contributed by atoms with Crippen LogP contribution in [-0.4, -0.2) is 40.3 Å². The number of rotatable bonds is 3. The van der Waals surface area contributed by atoms with E-state index in [2.05, 4.69) is 20.3 Å². The van der Waals surface area contributed by atoms with Gasteiger partial charge in [-0.2, -0.15) is 0 Å². The van der Waals surface area contributed by atoms with E-state index < -0.39 is 17.0 Å². The van der Waals surface area contributed by atoms with Crippen LogP contribution in [0.1, 0.15) is 27.7 Å². The second-order valence-electron chi connectivity index (χ2n) is 5.50. The van der Waals surface area contributed by atoms with Gasteiger partial charge in [-0.05, 0) is 0 Å². The van der Waals surface area contributed by atoms with Crippen LogP contribution in [0.5, 0.6) is 0 Å². The molecule has 3 N–H and O–H groups in total. The molecule has 0 aromatic rings. The number of nitrogens with zero attached hydrogens (tertiary/aromatic N) is 4. The fourth-order valence-corrected chi connectivity index (χ4v) is 2.06. The lowest BCUT2D eigenvalue weighted by atomic mass is 10.1. The Labute approximate surface area is 117 Å². The van der Waals surface area contributed by atoms with E-state index in [1.54, 1.807) is 0 Å². The molecule has 2 aliphatic rings. The molecule has 8 nitrogen and oxygen atoms in total. The first-order chi connectivity index (χ1) is 9.31. The Morgan fingerprint density at radius 2 is 1.75 bits per heavy atom. The summed E-state index contributed by atoms with van der Waals surface area (Å²) < 4.78 is 0. The molecule has 2 heterocycles.